The first-order chi connectivity index (χ1) is 17.9. The summed E-state index contributed by atoms with van der Waals surface area (Å²) in [7, 11) is 0. The van der Waals surface area contributed by atoms with Crippen LogP contribution in [-0.2, 0) is 14.2 Å². The number of aromatic nitrogens is 4. The van der Waals surface area contributed by atoms with Gasteiger partial charge in [0.1, 0.15) is 17.7 Å². The van der Waals surface area contributed by atoms with E-state index in [1.54, 1.807) is 0 Å². The fourth-order valence-electron chi connectivity index (χ4n) is 5.30. The summed E-state index contributed by atoms with van der Waals surface area (Å²) < 4.78 is 19.6. The van der Waals surface area contributed by atoms with Crippen molar-refractivity contribution in [3.8, 4) is 5.82 Å². The monoisotopic (exact) mass is 508 g/mol. The van der Waals surface area contributed by atoms with Crippen molar-refractivity contribution in [1.29, 1.82) is 0 Å². The number of hydrogen-bond acceptors (Lipinski definition) is 8. The van der Waals surface area contributed by atoms with E-state index in [1.165, 1.54) is 4.90 Å². The van der Waals surface area contributed by atoms with E-state index in [0.717, 1.165) is 66.8 Å². The summed E-state index contributed by atoms with van der Waals surface area (Å²) in [6, 6.07) is 6.06. The summed E-state index contributed by atoms with van der Waals surface area (Å²) in [5.41, 5.74) is 2.89. The Morgan fingerprint density at radius 2 is 1.89 bits per heavy atom. The number of carboxylic acid groups (broad SMARTS) is 1. The van der Waals surface area contributed by atoms with Crippen molar-refractivity contribution in [3.63, 3.8) is 0 Å². The average molecular weight is 509 g/mol. The van der Waals surface area contributed by atoms with Crippen molar-refractivity contribution < 1.29 is 24.1 Å². The molecule has 0 aliphatic carbocycles. The number of hydrogen-bond donors (Lipinski definition) is 1. The highest BCUT2D eigenvalue weighted by Crippen LogP contribution is 2.31. The van der Waals surface area contributed by atoms with Crippen LogP contribution in [0.4, 0.5) is 10.6 Å². The van der Waals surface area contributed by atoms with Crippen molar-refractivity contribution in [1.82, 2.24) is 24.6 Å². The van der Waals surface area contributed by atoms with Gasteiger partial charge in [-0.1, -0.05) is 0 Å². The zero-order valence-electron chi connectivity index (χ0n) is 21.2. The van der Waals surface area contributed by atoms with Gasteiger partial charge in [-0.15, -0.1) is 0 Å². The third-order valence-corrected chi connectivity index (χ3v) is 7.32. The number of fused-ring (bicyclic) bond motifs is 1. The van der Waals surface area contributed by atoms with E-state index in [9.17, 15) is 9.90 Å². The Hall–Kier alpha value is -3.28. The Bertz CT molecular complexity index is 1300. The van der Waals surface area contributed by atoms with E-state index >= 15 is 0 Å². The molecule has 2 aromatic heterocycles. The highest BCUT2D eigenvalue weighted by molar-refractivity contribution is 5.82. The second kappa shape index (κ2) is 9.88. The summed E-state index contributed by atoms with van der Waals surface area (Å²) in [6.45, 7) is 7.25. The van der Waals surface area contributed by atoms with Gasteiger partial charge in [0.2, 0.25) is 0 Å². The molecule has 3 saturated heterocycles. The van der Waals surface area contributed by atoms with Gasteiger partial charge in [-0.2, -0.15) is 5.10 Å². The number of anilines is 1. The lowest BCUT2D eigenvalue weighted by molar-refractivity contribution is -0.191. The van der Waals surface area contributed by atoms with Crippen molar-refractivity contribution >= 4 is 22.8 Å². The van der Waals surface area contributed by atoms with Crippen LogP contribution in [0.15, 0.2) is 24.4 Å². The fraction of sp³-hybridized carbons (Fsp3) is 0.538. The molecule has 3 fully saturated rings. The first-order valence-electron chi connectivity index (χ1n) is 12.9. The Labute approximate surface area is 214 Å². The Balaban J connectivity index is 1.24. The molecule has 1 aromatic carbocycles. The molecule has 1 amide bonds. The summed E-state index contributed by atoms with van der Waals surface area (Å²) >= 11 is 0. The number of aryl methyl sites for hydroxylation is 2. The molecule has 5 heterocycles. The third kappa shape index (κ3) is 4.86. The predicted molar refractivity (Wildman–Crippen MR) is 135 cm³/mol. The molecule has 3 aromatic rings. The Kier molecular flexibility index (Phi) is 6.43. The number of carbonyl (C=O) groups is 1. The van der Waals surface area contributed by atoms with Crippen LogP contribution in [0.2, 0.25) is 0 Å². The molecular weight excluding hydrogens is 476 g/mol. The van der Waals surface area contributed by atoms with Crippen molar-refractivity contribution in [2.45, 2.75) is 51.6 Å². The number of ether oxygens (including phenoxy) is 3. The summed E-state index contributed by atoms with van der Waals surface area (Å²) in [5.74, 6) is 2.19. The topological polar surface area (TPSA) is 115 Å². The smallest absolute Gasteiger partial charge is 0.407 e. The van der Waals surface area contributed by atoms with Crippen LogP contribution in [0.25, 0.3) is 16.7 Å². The van der Waals surface area contributed by atoms with Gasteiger partial charge in [0.25, 0.3) is 0 Å². The van der Waals surface area contributed by atoms with Crippen LogP contribution in [0, 0.1) is 13.8 Å². The molecular formula is C26H32N6O5. The second-order valence-electron chi connectivity index (χ2n) is 10.0. The van der Waals surface area contributed by atoms with Gasteiger partial charge >= 0.3 is 6.09 Å². The molecule has 2 atom stereocenters. The van der Waals surface area contributed by atoms with Gasteiger partial charge in [-0.05, 0) is 56.4 Å². The van der Waals surface area contributed by atoms with Gasteiger partial charge in [-0.3, -0.25) is 0 Å². The van der Waals surface area contributed by atoms with E-state index in [0.29, 0.717) is 31.3 Å². The Morgan fingerprint density at radius 1 is 1.05 bits per heavy atom. The van der Waals surface area contributed by atoms with E-state index in [1.807, 2.05) is 36.9 Å². The summed E-state index contributed by atoms with van der Waals surface area (Å²) in [4.78, 5) is 24.4. The quantitative estimate of drug-likeness (QED) is 0.555. The summed E-state index contributed by atoms with van der Waals surface area (Å²) in [5, 5.41) is 15.1. The fourth-order valence-corrected chi connectivity index (χ4v) is 5.30. The van der Waals surface area contributed by atoms with Gasteiger partial charge in [0.15, 0.2) is 12.1 Å². The maximum absolute atomic E-state index is 11.5. The first kappa shape index (κ1) is 24.1. The highest BCUT2D eigenvalue weighted by Gasteiger charge is 2.32. The lowest BCUT2D eigenvalue weighted by Crippen LogP contribution is -2.54. The molecule has 3 aliphatic rings. The zero-order chi connectivity index (χ0) is 25.5. The maximum atomic E-state index is 11.5. The predicted octanol–water partition coefficient (Wildman–Crippen LogP) is 3.22. The van der Waals surface area contributed by atoms with Crippen LogP contribution < -0.4 is 4.90 Å². The van der Waals surface area contributed by atoms with Crippen molar-refractivity contribution in [2.24, 2.45) is 0 Å². The third-order valence-electron chi connectivity index (χ3n) is 7.32. The van der Waals surface area contributed by atoms with Gasteiger partial charge in [0, 0.05) is 37.7 Å². The van der Waals surface area contributed by atoms with E-state index in [-0.39, 0.29) is 18.5 Å². The van der Waals surface area contributed by atoms with Crippen LogP contribution in [0.3, 0.4) is 0 Å². The SMILES string of the molecule is Cc1nc(N2CC(OC3CCCCO3)C2)cc(-n2ncc3cc(C)c(C4CN(C(=O)O)CCO4)cc32)n1. The highest BCUT2D eigenvalue weighted by atomic mass is 16.7. The van der Waals surface area contributed by atoms with Gasteiger partial charge in [-0.25, -0.2) is 19.4 Å². The van der Waals surface area contributed by atoms with Crippen LogP contribution in [-0.4, -0.2) is 87.6 Å². The molecule has 11 nitrogen and oxygen atoms in total. The number of morpholine rings is 1. The molecule has 0 bridgehead atoms. The van der Waals surface area contributed by atoms with Gasteiger partial charge < -0.3 is 29.1 Å². The molecule has 3 aliphatic heterocycles. The standard InChI is InChI=1S/C26H32N6O5/c1-16-9-18-12-27-32(21(18)10-20(16)22-15-30(26(33)34)6-8-35-22)24-11-23(28-17(2)29-24)31-13-19(14-31)37-25-5-3-4-7-36-25/h9-12,19,22,25H,3-8,13-15H2,1-2H3,(H,33,34). The summed E-state index contributed by atoms with van der Waals surface area (Å²) in [6.07, 6.45) is 3.84. The normalized spacial score (nSPS) is 22.9. The zero-order valence-corrected chi connectivity index (χ0v) is 21.2. The minimum atomic E-state index is -0.925. The lowest BCUT2D eigenvalue weighted by Gasteiger charge is -2.41. The molecule has 0 saturated carbocycles. The molecule has 0 radical (unpaired) electrons. The van der Waals surface area contributed by atoms with Crippen LogP contribution >= 0.6 is 0 Å². The molecule has 6 rings (SSSR count). The molecule has 2 unspecified atom stereocenters. The van der Waals surface area contributed by atoms with E-state index in [2.05, 4.69) is 26.0 Å². The first-order valence-corrected chi connectivity index (χ1v) is 12.9. The number of rotatable bonds is 5. The second-order valence-corrected chi connectivity index (χ2v) is 10.0. The number of benzene rings is 1. The van der Waals surface area contributed by atoms with Crippen molar-refractivity contribution in [2.75, 3.05) is 44.3 Å². The largest absolute Gasteiger partial charge is 0.465 e. The molecule has 0 spiro atoms. The van der Waals surface area contributed by atoms with Gasteiger partial charge in [0.05, 0.1) is 31.0 Å². The molecule has 37 heavy (non-hydrogen) atoms. The minimum Gasteiger partial charge on any atom is -0.465 e. The Morgan fingerprint density at radius 3 is 2.68 bits per heavy atom. The van der Waals surface area contributed by atoms with Crippen LogP contribution in [0.1, 0.15) is 42.3 Å². The molecule has 11 heteroatoms. The van der Waals surface area contributed by atoms with E-state index in [4.69, 9.17) is 14.2 Å². The number of nitrogens with zero attached hydrogens (tertiary/aromatic N) is 6. The molecule has 1 N–H and O–H groups in total. The lowest BCUT2D eigenvalue weighted by atomic mass is 10.00. The molecule has 196 valence electrons. The minimum absolute atomic E-state index is 0.0904. The van der Waals surface area contributed by atoms with Crippen LogP contribution in [0.5, 0.6) is 0 Å². The van der Waals surface area contributed by atoms with E-state index < -0.39 is 6.09 Å². The van der Waals surface area contributed by atoms with Crippen molar-refractivity contribution in [3.05, 3.63) is 41.3 Å². The number of amides is 1. The average Bonchev–Trinajstić information content (AvgIpc) is 3.28. The maximum Gasteiger partial charge on any atom is 0.407 e.